The SMILES string of the molecule is CC1CCc2c(O)cccc2C1.CCCC.CCCc1cccs1. The first kappa shape index (κ1) is 20.8. The van der Waals surface area contributed by atoms with Crippen LogP contribution < -0.4 is 0 Å². The number of aryl methyl sites for hydroxylation is 1. The highest BCUT2D eigenvalue weighted by molar-refractivity contribution is 7.09. The van der Waals surface area contributed by atoms with E-state index in [1.807, 2.05) is 17.4 Å². The molecule has 1 heterocycles. The maximum Gasteiger partial charge on any atom is 0.119 e. The van der Waals surface area contributed by atoms with E-state index in [2.05, 4.69) is 51.3 Å². The Hall–Kier alpha value is -1.28. The molecule has 2 heteroatoms. The Bertz CT molecular complexity index is 543. The van der Waals surface area contributed by atoms with Gasteiger partial charge in [0, 0.05) is 4.88 Å². The number of unbranched alkanes of at least 4 members (excludes halogenated alkanes) is 1. The molecule has 3 rings (SSSR count). The van der Waals surface area contributed by atoms with Gasteiger partial charge in [-0.3, -0.25) is 0 Å². The molecule has 0 amide bonds. The highest BCUT2D eigenvalue weighted by atomic mass is 32.1. The van der Waals surface area contributed by atoms with Crippen LogP contribution in [0.5, 0.6) is 5.75 Å². The Morgan fingerprint density at radius 1 is 1.04 bits per heavy atom. The van der Waals surface area contributed by atoms with Crippen molar-refractivity contribution in [2.24, 2.45) is 5.92 Å². The van der Waals surface area contributed by atoms with Crippen LogP contribution in [0.25, 0.3) is 0 Å². The Balaban J connectivity index is 0.000000208. The number of thiophene rings is 1. The normalized spacial score (nSPS) is 15.4. The number of phenolic OH excluding ortho intramolecular Hbond substituents is 1. The van der Waals surface area contributed by atoms with Crippen LogP contribution in [0.4, 0.5) is 0 Å². The molecule has 1 aromatic heterocycles. The second-order valence-electron chi connectivity index (χ2n) is 6.59. The average Bonchev–Trinajstić information content (AvgIpc) is 3.09. The number of fused-ring (bicyclic) bond motifs is 1. The molecule has 0 radical (unpaired) electrons. The van der Waals surface area contributed by atoms with Gasteiger partial charge in [0.05, 0.1) is 0 Å². The molecule has 0 spiro atoms. The summed E-state index contributed by atoms with van der Waals surface area (Å²) < 4.78 is 0. The van der Waals surface area contributed by atoms with Gasteiger partial charge in [-0.2, -0.15) is 0 Å². The van der Waals surface area contributed by atoms with Crippen LogP contribution in [0.1, 0.15) is 69.4 Å². The minimum absolute atomic E-state index is 0.486. The zero-order valence-electron chi connectivity index (χ0n) is 15.8. The van der Waals surface area contributed by atoms with Gasteiger partial charge in [0.25, 0.3) is 0 Å². The van der Waals surface area contributed by atoms with Crippen molar-refractivity contribution in [1.82, 2.24) is 0 Å². The van der Waals surface area contributed by atoms with Crippen molar-refractivity contribution in [3.63, 3.8) is 0 Å². The summed E-state index contributed by atoms with van der Waals surface area (Å²) in [5.41, 5.74) is 2.52. The van der Waals surface area contributed by atoms with Crippen LogP contribution >= 0.6 is 11.3 Å². The van der Waals surface area contributed by atoms with Crippen LogP contribution in [0, 0.1) is 5.92 Å². The molecule has 1 atom stereocenters. The van der Waals surface area contributed by atoms with Gasteiger partial charge < -0.3 is 5.11 Å². The van der Waals surface area contributed by atoms with Crippen molar-refractivity contribution in [2.45, 2.75) is 72.6 Å². The molecule has 0 bridgehead atoms. The highest BCUT2D eigenvalue weighted by Crippen LogP contribution is 2.30. The van der Waals surface area contributed by atoms with Gasteiger partial charge in [-0.05, 0) is 60.2 Å². The largest absolute Gasteiger partial charge is 0.508 e. The van der Waals surface area contributed by atoms with E-state index in [1.165, 1.54) is 48.1 Å². The monoisotopic (exact) mass is 346 g/mol. The Kier molecular flexibility index (Phi) is 10.5. The van der Waals surface area contributed by atoms with Crippen LogP contribution in [-0.2, 0) is 19.3 Å². The van der Waals surface area contributed by atoms with E-state index in [9.17, 15) is 5.11 Å². The fraction of sp³-hybridized carbons (Fsp3) is 0.545. The lowest BCUT2D eigenvalue weighted by Crippen LogP contribution is -2.10. The molecule has 24 heavy (non-hydrogen) atoms. The number of hydrogen-bond acceptors (Lipinski definition) is 2. The van der Waals surface area contributed by atoms with Crippen LogP contribution in [0.2, 0.25) is 0 Å². The summed E-state index contributed by atoms with van der Waals surface area (Å²) >= 11 is 1.85. The first-order chi connectivity index (χ1) is 11.6. The first-order valence-corrected chi connectivity index (χ1v) is 10.3. The standard InChI is InChI=1S/C11H14O.C7H10S.C4H10/c1-8-5-6-10-9(7-8)3-2-4-11(10)12;1-2-4-7-5-3-6-8-7;1-3-4-2/h2-4,8,12H,5-7H2,1H3;3,5-6H,2,4H2,1H3;3-4H2,1-2H3. The predicted octanol–water partition coefficient (Wildman–Crippen LogP) is 7.02. The summed E-state index contributed by atoms with van der Waals surface area (Å²) in [5.74, 6) is 1.26. The fourth-order valence-electron chi connectivity index (χ4n) is 2.67. The van der Waals surface area contributed by atoms with Crippen LogP contribution in [0.15, 0.2) is 35.7 Å². The first-order valence-electron chi connectivity index (χ1n) is 9.44. The minimum atomic E-state index is 0.486. The molecular formula is C22H34OS. The maximum absolute atomic E-state index is 9.54. The summed E-state index contributed by atoms with van der Waals surface area (Å²) in [6.45, 7) is 8.84. The van der Waals surface area contributed by atoms with Gasteiger partial charge in [-0.15, -0.1) is 11.3 Å². The molecule has 1 unspecified atom stereocenters. The molecule has 1 N–H and O–H groups in total. The Morgan fingerprint density at radius 2 is 1.79 bits per heavy atom. The van der Waals surface area contributed by atoms with Crippen molar-refractivity contribution < 1.29 is 5.11 Å². The summed E-state index contributed by atoms with van der Waals surface area (Å²) in [6, 6.07) is 10.1. The summed E-state index contributed by atoms with van der Waals surface area (Å²) in [7, 11) is 0. The van der Waals surface area contributed by atoms with E-state index in [0.29, 0.717) is 5.75 Å². The quantitative estimate of drug-likeness (QED) is 0.633. The second kappa shape index (κ2) is 12.1. The number of aromatic hydroxyl groups is 1. The Morgan fingerprint density at radius 3 is 2.38 bits per heavy atom. The van der Waals surface area contributed by atoms with Gasteiger partial charge in [0.2, 0.25) is 0 Å². The van der Waals surface area contributed by atoms with E-state index >= 15 is 0 Å². The second-order valence-corrected chi connectivity index (χ2v) is 7.62. The topological polar surface area (TPSA) is 20.2 Å². The number of benzene rings is 1. The van der Waals surface area contributed by atoms with Crippen molar-refractivity contribution in [3.05, 3.63) is 51.7 Å². The van der Waals surface area contributed by atoms with Crippen LogP contribution in [0.3, 0.4) is 0 Å². The zero-order chi connectivity index (χ0) is 17.8. The molecular weight excluding hydrogens is 312 g/mol. The van der Waals surface area contributed by atoms with Crippen LogP contribution in [-0.4, -0.2) is 5.11 Å². The highest BCUT2D eigenvalue weighted by Gasteiger charge is 2.16. The lowest BCUT2D eigenvalue weighted by Gasteiger charge is -2.21. The molecule has 1 aliphatic rings. The van der Waals surface area contributed by atoms with Gasteiger partial charge in [0.15, 0.2) is 0 Å². The third kappa shape index (κ3) is 7.53. The van der Waals surface area contributed by atoms with E-state index in [0.717, 1.165) is 18.8 Å². The zero-order valence-corrected chi connectivity index (χ0v) is 16.7. The predicted molar refractivity (Wildman–Crippen MR) is 108 cm³/mol. The number of hydrogen-bond donors (Lipinski definition) is 1. The molecule has 0 saturated heterocycles. The minimum Gasteiger partial charge on any atom is -0.508 e. The summed E-state index contributed by atoms with van der Waals surface area (Å²) in [4.78, 5) is 1.51. The lowest BCUT2D eigenvalue weighted by atomic mass is 9.85. The van der Waals surface area contributed by atoms with Gasteiger partial charge >= 0.3 is 0 Å². The summed E-state index contributed by atoms with van der Waals surface area (Å²) in [5, 5.41) is 11.7. The van der Waals surface area contributed by atoms with Gasteiger partial charge in [0.1, 0.15) is 5.75 Å². The molecule has 1 aliphatic carbocycles. The maximum atomic E-state index is 9.54. The molecule has 0 saturated carbocycles. The molecule has 1 aromatic carbocycles. The van der Waals surface area contributed by atoms with Crippen molar-refractivity contribution >= 4 is 11.3 Å². The van der Waals surface area contributed by atoms with E-state index in [1.54, 1.807) is 6.07 Å². The van der Waals surface area contributed by atoms with E-state index in [4.69, 9.17) is 0 Å². The van der Waals surface area contributed by atoms with Crippen molar-refractivity contribution in [1.29, 1.82) is 0 Å². The third-order valence-corrected chi connectivity index (χ3v) is 5.22. The van der Waals surface area contributed by atoms with E-state index in [-0.39, 0.29) is 0 Å². The number of rotatable bonds is 3. The summed E-state index contributed by atoms with van der Waals surface area (Å²) in [6.07, 6.45) is 8.54. The van der Waals surface area contributed by atoms with Crippen molar-refractivity contribution in [3.8, 4) is 5.75 Å². The van der Waals surface area contributed by atoms with Crippen molar-refractivity contribution in [2.75, 3.05) is 0 Å². The van der Waals surface area contributed by atoms with Gasteiger partial charge in [-0.1, -0.05) is 65.2 Å². The fourth-order valence-corrected chi connectivity index (χ4v) is 3.48. The molecule has 0 aliphatic heterocycles. The number of phenols is 1. The smallest absolute Gasteiger partial charge is 0.119 e. The van der Waals surface area contributed by atoms with E-state index < -0.39 is 0 Å². The van der Waals surface area contributed by atoms with Gasteiger partial charge in [-0.25, -0.2) is 0 Å². The molecule has 0 fully saturated rings. The molecule has 134 valence electrons. The molecule has 2 aromatic rings. The third-order valence-electron chi connectivity index (χ3n) is 4.28. The average molecular weight is 347 g/mol. The molecule has 1 nitrogen and oxygen atoms in total. The lowest BCUT2D eigenvalue weighted by molar-refractivity contribution is 0.444. The Labute approximate surface area is 152 Å².